The molecule has 0 aliphatic carbocycles. The van der Waals surface area contributed by atoms with Gasteiger partial charge in [-0.3, -0.25) is 0 Å². The van der Waals surface area contributed by atoms with Gasteiger partial charge in [-0.2, -0.15) is 0 Å². The molecule has 0 spiro atoms. The van der Waals surface area contributed by atoms with E-state index in [2.05, 4.69) is 58.0 Å². The molecule has 84 valence electrons. The van der Waals surface area contributed by atoms with Crippen molar-refractivity contribution in [3.8, 4) is 0 Å². The molecule has 0 saturated heterocycles. The first-order chi connectivity index (χ1) is 7.11. The molecule has 0 aliphatic rings. The number of rotatable bonds is 5. The third-order valence-corrected chi connectivity index (χ3v) is 7.70. The van der Waals surface area contributed by atoms with Gasteiger partial charge in [0.05, 0.1) is 0 Å². The first-order valence-corrected chi connectivity index (χ1v) is 8.30. The van der Waals surface area contributed by atoms with E-state index in [4.69, 9.17) is 0 Å². The maximum Gasteiger partial charge on any atom is 0.0422 e. The van der Waals surface area contributed by atoms with Crippen LogP contribution in [-0.4, -0.2) is 8.80 Å². The lowest BCUT2D eigenvalue weighted by Gasteiger charge is -2.23. The van der Waals surface area contributed by atoms with E-state index in [0.29, 0.717) is 0 Å². The zero-order valence-corrected chi connectivity index (χ0v) is 11.7. The Morgan fingerprint density at radius 2 is 1.47 bits per heavy atom. The Hall–Kier alpha value is -0.563. The third kappa shape index (κ3) is 4.21. The van der Waals surface area contributed by atoms with Crippen molar-refractivity contribution in [2.45, 2.75) is 51.2 Å². The van der Waals surface area contributed by atoms with Gasteiger partial charge in [0.1, 0.15) is 0 Å². The normalized spacial score (nSPS) is 11.7. The highest BCUT2D eigenvalue weighted by Crippen LogP contribution is 2.24. The molecule has 1 aromatic rings. The van der Waals surface area contributed by atoms with Crippen LogP contribution < -0.4 is 0 Å². The van der Waals surface area contributed by atoms with Crippen molar-refractivity contribution in [2.24, 2.45) is 0 Å². The molecule has 0 bridgehead atoms. The standard InChI is InChI=1S/C14H24Si/c1-12(2)15(13(3)4)11-10-14-8-6-5-7-9-14/h5-9,12-13,15H,10-11H2,1-4H3. The quantitative estimate of drug-likeness (QED) is 0.650. The minimum atomic E-state index is -0.550. The second-order valence-corrected chi connectivity index (χ2v) is 9.75. The van der Waals surface area contributed by atoms with Gasteiger partial charge in [-0.1, -0.05) is 75.2 Å². The van der Waals surface area contributed by atoms with E-state index in [1.54, 1.807) is 0 Å². The van der Waals surface area contributed by atoms with Crippen LogP contribution >= 0.6 is 0 Å². The summed E-state index contributed by atoms with van der Waals surface area (Å²) in [6.45, 7) is 9.62. The zero-order valence-electron chi connectivity index (χ0n) is 10.5. The lowest BCUT2D eigenvalue weighted by Crippen LogP contribution is -2.21. The van der Waals surface area contributed by atoms with Gasteiger partial charge in [-0.25, -0.2) is 0 Å². The Kier molecular flexibility index (Phi) is 5.10. The second kappa shape index (κ2) is 6.11. The molecule has 0 nitrogen and oxygen atoms in total. The molecule has 0 radical (unpaired) electrons. The SMILES string of the molecule is CC(C)[SiH](CCc1ccccc1)C(C)C. The van der Waals surface area contributed by atoms with Gasteiger partial charge in [-0.15, -0.1) is 0 Å². The number of benzene rings is 1. The summed E-state index contributed by atoms with van der Waals surface area (Å²) in [5, 5.41) is 0. The maximum absolute atomic E-state index is 2.40. The lowest BCUT2D eigenvalue weighted by atomic mass is 10.2. The van der Waals surface area contributed by atoms with Crippen LogP contribution in [0.1, 0.15) is 33.3 Å². The molecule has 0 heterocycles. The van der Waals surface area contributed by atoms with Crippen molar-refractivity contribution in [3.63, 3.8) is 0 Å². The monoisotopic (exact) mass is 220 g/mol. The molecular weight excluding hydrogens is 196 g/mol. The van der Waals surface area contributed by atoms with Crippen LogP contribution in [0.4, 0.5) is 0 Å². The largest absolute Gasteiger partial charge is 0.0654 e. The van der Waals surface area contributed by atoms with Crippen molar-refractivity contribution in [1.82, 2.24) is 0 Å². The van der Waals surface area contributed by atoms with Crippen LogP contribution in [-0.2, 0) is 6.42 Å². The van der Waals surface area contributed by atoms with Crippen molar-refractivity contribution in [3.05, 3.63) is 35.9 Å². The van der Waals surface area contributed by atoms with E-state index in [1.165, 1.54) is 18.0 Å². The van der Waals surface area contributed by atoms with Gasteiger partial charge in [0.15, 0.2) is 0 Å². The Morgan fingerprint density at radius 3 is 1.93 bits per heavy atom. The topological polar surface area (TPSA) is 0 Å². The Bertz CT molecular complexity index is 256. The molecule has 0 amide bonds. The van der Waals surface area contributed by atoms with E-state index in [0.717, 1.165) is 11.1 Å². The molecule has 0 N–H and O–H groups in total. The fourth-order valence-electron chi connectivity index (χ4n) is 2.41. The predicted molar refractivity (Wildman–Crippen MR) is 72.3 cm³/mol. The molecular formula is C14H24Si. The molecule has 1 aromatic carbocycles. The first-order valence-electron chi connectivity index (χ1n) is 6.15. The Labute approximate surface area is 96.3 Å². The summed E-state index contributed by atoms with van der Waals surface area (Å²) in [4.78, 5) is 0. The van der Waals surface area contributed by atoms with Gasteiger partial charge >= 0.3 is 0 Å². The van der Waals surface area contributed by atoms with Crippen LogP contribution in [0.25, 0.3) is 0 Å². The molecule has 15 heavy (non-hydrogen) atoms. The minimum absolute atomic E-state index is 0.550. The van der Waals surface area contributed by atoms with Gasteiger partial charge in [-0.05, 0) is 12.0 Å². The molecule has 0 atom stereocenters. The summed E-state index contributed by atoms with van der Waals surface area (Å²) in [5.41, 5.74) is 3.39. The van der Waals surface area contributed by atoms with E-state index in [9.17, 15) is 0 Å². The predicted octanol–water partition coefficient (Wildman–Crippen LogP) is 4.28. The molecule has 1 heteroatoms. The van der Waals surface area contributed by atoms with Crippen molar-refractivity contribution in [1.29, 1.82) is 0 Å². The van der Waals surface area contributed by atoms with Gasteiger partial charge in [0, 0.05) is 8.80 Å². The third-order valence-electron chi connectivity index (χ3n) is 3.32. The summed E-state index contributed by atoms with van der Waals surface area (Å²) in [6.07, 6.45) is 1.29. The van der Waals surface area contributed by atoms with E-state index in [1.807, 2.05) is 0 Å². The average Bonchev–Trinajstić information content (AvgIpc) is 2.18. The van der Waals surface area contributed by atoms with Crippen LogP contribution in [0.15, 0.2) is 30.3 Å². The van der Waals surface area contributed by atoms with Crippen LogP contribution in [0, 0.1) is 0 Å². The smallest absolute Gasteiger partial charge is 0.0422 e. The molecule has 0 aliphatic heterocycles. The Balaban J connectivity index is 2.47. The highest BCUT2D eigenvalue weighted by atomic mass is 28.3. The molecule has 1 rings (SSSR count). The summed E-state index contributed by atoms with van der Waals surface area (Å²) in [5.74, 6) is 0. The van der Waals surface area contributed by atoms with Gasteiger partial charge < -0.3 is 0 Å². The van der Waals surface area contributed by atoms with Crippen molar-refractivity contribution in [2.75, 3.05) is 0 Å². The fourth-order valence-corrected chi connectivity index (χ4v) is 5.95. The number of aryl methyl sites for hydroxylation is 1. The minimum Gasteiger partial charge on any atom is -0.0654 e. The van der Waals surface area contributed by atoms with E-state index in [-0.39, 0.29) is 0 Å². The lowest BCUT2D eigenvalue weighted by molar-refractivity contribution is 0.903. The molecule has 0 fully saturated rings. The average molecular weight is 220 g/mol. The molecule has 0 aromatic heterocycles. The highest BCUT2D eigenvalue weighted by Gasteiger charge is 2.18. The summed E-state index contributed by atoms with van der Waals surface area (Å²) in [6, 6.07) is 12.4. The van der Waals surface area contributed by atoms with Crippen molar-refractivity contribution >= 4 is 8.80 Å². The summed E-state index contributed by atoms with van der Waals surface area (Å²) >= 11 is 0. The zero-order chi connectivity index (χ0) is 11.3. The van der Waals surface area contributed by atoms with Gasteiger partial charge in [0.25, 0.3) is 0 Å². The van der Waals surface area contributed by atoms with Gasteiger partial charge in [0.2, 0.25) is 0 Å². The summed E-state index contributed by atoms with van der Waals surface area (Å²) < 4.78 is 0. The molecule has 0 unspecified atom stereocenters. The first kappa shape index (κ1) is 12.5. The van der Waals surface area contributed by atoms with E-state index < -0.39 is 8.80 Å². The van der Waals surface area contributed by atoms with Crippen LogP contribution in [0.5, 0.6) is 0 Å². The van der Waals surface area contributed by atoms with Crippen molar-refractivity contribution < 1.29 is 0 Å². The van der Waals surface area contributed by atoms with E-state index >= 15 is 0 Å². The maximum atomic E-state index is 2.40. The summed E-state index contributed by atoms with van der Waals surface area (Å²) in [7, 11) is -0.550. The fraction of sp³-hybridized carbons (Fsp3) is 0.571. The highest BCUT2D eigenvalue weighted by molar-refractivity contribution is 6.61. The number of hydrogen-bond donors (Lipinski definition) is 0. The Morgan fingerprint density at radius 1 is 0.933 bits per heavy atom. The van der Waals surface area contributed by atoms with Crippen LogP contribution in [0.3, 0.4) is 0 Å². The second-order valence-electron chi connectivity index (χ2n) is 5.18. The van der Waals surface area contributed by atoms with Crippen LogP contribution in [0.2, 0.25) is 17.1 Å². The molecule has 0 saturated carbocycles. The number of hydrogen-bond acceptors (Lipinski definition) is 0.